The number of hydrogen-bond acceptors (Lipinski definition) is 4. The second kappa shape index (κ2) is 4.56. The van der Waals surface area contributed by atoms with Crippen LogP contribution in [-0.4, -0.2) is 26.1 Å². The van der Waals surface area contributed by atoms with Crippen molar-refractivity contribution >= 4 is 23.1 Å². The summed E-state index contributed by atoms with van der Waals surface area (Å²) < 4.78 is 2.02. The second-order valence-electron chi connectivity index (χ2n) is 4.56. The summed E-state index contributed by atoms with van der Waals surface area (Å²) in [5.41, 5.74) is 7.36. The first-order valence-corrected chi connectivity index (χ1v) is 7.16. The van der Waals surface area contributed by atoms with Crippen molar-refractivity contribution in [1.29, 1.82) is 0 Å². The molecule has 1 fully saturated rings. The number of pyridine rings is 1. The molecule has 0 bridgehead atoms. The zero-order chi connectivity index (χ0) is 11.7. The Labute approximate surface area is 105 Å². The van der Waals surface area contributed by atoms with Crippen LogP contribution in [0.25, 0.3) is 5.65 Å². The first kappa shape index (κ1) is 10.9. The third-order valence-electron chi connectivity index (χ3n) is 3.26. The minimum Gasteiger partial charge on any atom is -0.396 e. The van der Waals surface area contributed by atoms with Crippen LogP contribution >= 0.6 is 11.8 Å². The fourth-order valence-electron chi connectivity index (χ4n) is 2.35. The largest absolute Gasteiger partial charge is 0.396 e. The van der Waals surface area contributed by atoms with E-state index in [-0.39, 0.29) is 0 Å². The Balaban J connectivity index is 1.87. The van der Waals surface area contributed by atoms with E-state index in [4.69, 9.17) is 5.73 Å². The molecule has 1 unspecified atom stereocenters. The number of nitrogens with two attached hydrogens (primary N) is 1. The summed E-state index contributed by atoms with van der Waals surface area (Å²) in [5.74, 6) is 4.34. The molecule has 0 spiro atoms. The van der Waals surface area contributed by atoms with Gasteiger partial charge in [0.25, 0.3) is 0 Å². The Morgan fingerprint density at radius 1 is 1.47 bits per heavy atom. The Morgan fingerprint density at radius 2 is 2.41 bits per heavy atom. The van der Waals surface area contributed by atoms with Crippen LogP contribution in [0.5, 0.6) is 0 Å². The summed E-state index contributed by atoms with van der Waals surface area (Å²) in [5, 5.41) is 8.44. The van der Waals surface area contributed by atoms with E-state index in [1.807, 2.05) is 22.7 Å². The minimum absolute atomic E-state index is 0.698. The van der Waals surface area contributed by atoms with Crippen molar-refractivity contribution in [2.24, 2.45) is 5.92 Å². The lowest BCUT2D eigenvalue weighted by molar-refractivity contribution is 0.506. The van der Waals surface area contributed by atoms with Gasteiger partial charge in [0.05, 0.1) is 5.69 Å². The summed E-state index contributed by atoms with van der Waals surface area (Å²) in [6, 6.07) is 3.81. The van der Waals surface area contributed by atoms with E-state index < -0.39 is 0 Å². The molecule has 17 heavy (non-hydrogen) atoms. The molecule has 2 aromatic heterocycles. The molecule has 90 valence electrons. The molecule has 5 heteroatoms. The maximum atomic E-state index is 5.88. The lowest BCUT2D eigenvalue weighted by Crippen LogP contribution is -2.14. The van der Waals surface area contributed by atoms with E-state index in [2.05, 4.69) is 22.0 Å². The lowest BCUT2D eigenvalue weighted by atomic mass is 10.0. The Hall–Kier alpha value is -1.23. The smallest absolute Gasteiger partial charge is 0.183 e. The number of aromatic nitrogens is 3. The van der Waals surface area contributed by atoms with Crippen molar-refractivity contribution in [1.82, 2.24) is 14.6 Å². The van der Waals surface area contributed by atoms with Gasteiger partial charge in [-0.25, -0.2) is 0 Å². The monoisotopic (exact) mass is 248 g/mol. The van der Waals surface area contributed by atoms with Crippen LogP contribution < -0.4 is 5.73 Å². The van der Waals surface area contributed by atoms with Gasteiger partial charge < -0.3 is 5.73 Å². The van der Waals surface area contributed by atoms with Crippen LogP contribution in [0.3, 0.4) is 0 Å². The summed E-state index contributed by atoms with van der Waals surface area (Å²) in [6.45, 7) is 0. The van der Waals surface area contributed by atoms with Gasteiger partial charge in [0.15, 0.2) is 5.65 Å². The molecule has 3 heterocycles. The summed E-state index contributed by atoms with van der Waals surface area (Å²) in [6.07, 6.45) is 5.65. The van der Waals surface area contributed by atoms with E-state index in [1.165, 1.54) is 24.3 Å². The number of fused-ring (bicyclic) bond motifs is 1. The number of nitrogens with zero attached hydrogens (tertiary/aromatic N) is 3. The lowest BCUT2D eigenvalue weighted by Gasteiger charge is -2.20. The molecule has 0 amide bonds. The van der Waals surface area contributed by atoms with Crippen molar-refractivity contribution in [2.75, 3.05) is 17.2 Å². The van der Waals surface area contributed by atoms with E-state index in [0.717, 1.165) is 23.8 Å². The average Bonchev–Trinajstić information content (AvgIpc) is 2.76. The zero-order valence-corrected chi connectivity index (χ0v) is 10.5. The quantitative estimate of drug-likeness (QED) is 0.883. The van der Waals surface area contributed by atoms with Crippen LogP contribution in [0.15, 0.2) is 18.3 Å². The molecule has 0 saturated carbocycles. The van der Waals surface area contributed by atoms with E-state index in [0.29, 0.717) is 5.69 Å². The molecule has 0 aromatic carbocycles. The zero-order valence-electron chi connectivity index (χ0n) is 9.67. The third kappa shape index (κ3) is 2.11. The topological polar surface area (TPSA) is 56.2 Å². The predicted octanol–water partition coefficient (Wildman–Crippen LogP) is 2.00. The fourth-order valence-corrected chi connectivity index (χ4v) is 3.51. The molecular formula is C12H16N4S. The van der Waals surface area contributed by atoms with Crippen LogP contribution in [-0.2, 0) is 6.42 Å². The van der Waals surface area contributed by atoms with Crippen molar-refractivity contribution in [3.8, 4) is 0 Å². The Morgan fingerprint density at radius 3 is 3.24 bits per heavy atom. The summed E-state index contributed by atoms with van der Waals surface area (Å²) in [4.78, 5) is 0. The van der Waals surface area contributed by atoms with Crippen LogP contribution in [0, 0.1) is 5.92 Å². The maximum absolute atomic E-state index is 5.88. The molecular weight excluding hydrogens is 232 g/mol. The number of anilines is 1. The van der Waals surface area contributed by atoms with Crippen LogP contribution in [0.1, 0.15) is 18.7 Å². The highest BCUT2D eigenvalue weighted by Gasteiger charge is 2.17. The second-order valence-corrected chi connectivity index (χ2v) is 5.71. The molecule has 1 aliphatic heterocycles. The standard InChI is InChI=1S/C12H16N4S/c13-10-4-1-5-16-11(14-15-12(10)16)7-9-3-2-6-17-8-9/h1,4-5,9H,2-3,6-8,13H2. The number of nitrogen functional groups attached to an aromatic ring is 1. The first-order valence-electron chi connectivity index (χ1n) is 6.00. The molecule has 3 rings (SSSR count). The molecule has 0 radical (unpaired) electrons. The average molecular weight is 248 g/mol. The van der Waals surface area contributed by atoms with Gasteiger partial charge in [-0.15, -0.1) is 10.2 Å². The molecule has 4 nitrogen and oxygen atoms in total. The Kier molecular flexibility index (Phi) is 2.93. The number of rotatable bonds is 2. The molecule has 2 N–H and O–H groups in total. The van der Waals surface area contributed by atoms with Gasteiger partial charge in [-0.05, 0) is 42.4 Å². The van der Waals surface area contributed by atoms with Gasteiger partial charge in [-0.1, -0.05) is 0 Å². The van der Waals surface area contributed by atoms with Crippen molar-refractivity contribution in [3.63, 3.8) is 0 Å². The van der Waals surface area contributed by atoms with Crippen molar-refractivity contribution < 1.29 is 0 Å². The fraction of sp³-hybridized carbons (Fsp3) is 0.500. The van der Waals surface area contributed by atoms with E-state index in [9.17, 15) is 0 Å². The SMILES string of the molecule is Nc1cccn2c(CC3CCCSC3)nnc12. The van der Waals surface area contributed by atoms with Crippen LogP contribution in [0.4, 0.5) is 5.69 Å². The van der Waals surface area contributed by atoms with Gasteiger partial charge in [0.1, 0.15) is 5.82 Å². The highest BCUT2D eigenvalue weighted by Crippen LogP contribution is 2.25. The van der Waals surface area contributed by atoms with Crippen molar-refractivity contribution in [2.45, 2.75) is 19.3 Å². The van der Waals surface area contributed by atoms with Crippen molar-refractivity contribution in [3.05, 3.63) is 24.2 Å². The number of thioether (sulfide) groups is 1. The molecule has 2 aromatic rings. The minimum atomic E-state index is 0.698. The highest BCUT2D eigenvalue weighted by atomic mass is 32.2. The Bertz CT molecular complexity index is 516. The maximum Gasteiger partial charge on any atom is 0.183 e. The van der Waals surface area contributed by atoms with Gasteiger partial charge in [-0.2, -0.15) is 11.8 Å². The number of hydrogen-bond donors (Lipinski definition) is 1. The van der Waals surface area contributed by atoms with Gasteiger partial charge in [0.2, 0.25) is 0 Å². The van der Waals surface area contributed by atoms with Gasteiger partial charge in [-0.3, -0.25) is 4.40 Å². The molecule has 0 aliphatic carbocycles. The van der Waals surface area contributed by atoms with Gasteiger partial charge in [0, 0.05) is 12.6 Å². The van der Waals surface area contributed by atoms with Crippen LogP contribution in [0.2, 0.25) is 0 Å². The first-order chi connectivity index (χ1) is 8.34. The summed E-state index contributed by atoms with van der Waals surface area (Å²) in [7, 11) is 0. The van der Waals surface area contributed by atoms with E-state index in [1.54, 1.807) is 0 Å². The normalized spacial score (nSPS) is 20.8. The molecule has 1 aliphatic rings. The highest BCUT2D eigenvalue weighted by molar-refractivity contribution is 7.99. The predicted molar refractivity (Wildman–Crippen MR) is 71.2 cm³/mol. The summed E-state index contributed by atoms with van der Waals surface area (Å²) >= 11 is 2.05. The van der Waals surface area contributed by atoms with Gasteiger partial charge >= 0.3 is 0 Å². The van der Waals surface area contributed by atoms with E-state index >= 15 is 0 Å². The molecule has 1 saturated heterocycles. The third-order valence-corrected chi connectivity index (χ3v) is 4.55. The molecule has 1 atom stereocenters.